The molecule has 0 aliphatic rings. The average molecular weight is 238 g/mol. The molecule has 1 rings (SSSR count). The van der Waals surface area contributed by atoms with Gasteiger partial charge in [-0.3, -0.25) is 9.59 Å². The second-order valence-electron chi connectivity index (χ2n) is 3.03. The zero-order valence-electron chi connectivity index (χ0n) is 8.92. The molecule has 0 N–H and O–H groups in total. The minimum atomic E-state index is -0.984. The van der Waals surface area contributed by atoms with Crippen LogP contribution in [0.25, 0.3) is 0 Å². The lowest BCUT2D eigenvalue weighted by Crippen LogP contribution is -1.97. The molecular formula is C12H8F2O3. The highest BCUT2D eigenvalue weighted by Crippen LogP contribution is 2.12. The first-order valence-electron chi connectivity index (χ1n) is 4.58. The Hall–Kier alpha value is -2.22. The van der Waals surface area contributed by atoms with E-state index in [1.807, 2.05) is 0 Å². The molecule has 0 saturated heterocycles. The summed E-state index contributed by atoms with van der Waals surface area (Å²) in [5.74, 6) is 2.29. The Bertz CT molecular complexity index is 489. The summed E-state index contributed by atoms with van der Waals surface area (Å²) in [5.41, 5.74) is -0.585. The quantitative estimate of drug-likeness (QED) is 0.447. The van der Waals surface area contributed by atoms with E-state index >= 15 is 0 Å². The third-order valence-corrected chi connectivity index (χ3v) is 1.89. The molecule has 5 heteroatoms. The fraction of sp³-hybridized carbons (Fsp3) is 0.167. The number of benzene rings is 1. The minimum absolute atomic E-state index is 0.0505. The van der Waals surface area contributed by atoms with Gasteiger partial charge in [0.2, 0.25) is 0 Å². The molecule has 17 heavy (non-hydrogen) atoms. The minimum Gasteiger partial charge on any atom is -0.468 e. The van der Waals surface area contributed by atoms with Crippen LogP contribution in [0.5, 0.6) is 0 Å². The Kier molecular flexibility index (Phi) is 4.35. The highest BCUT2D eigenvalue weighted by molar-refractivity contribution is 5.76. The van der Waals surface area contributed by atoms with E-state index in [9.17, 15) is 18.4 Å². The zero-order chi connectivity index (χ0) is 12.8. The molecule has 88 valence electrons. The average Bonchev–Trinajstić information content (AvgIpc) is 2.28. The first-order chi connectivity index (χ1) is 8.08. The van der Waals surface area contributed by atoms with Crippen molar-refractivity contribution < 1.29 is 23.1 Å². The first-order valence-corrected chi connectivity index (χ1v) is 4.58. The molecule has 0 radical (unpaired) electrons. The van der Waals surface area contributed by atoms with Crippen molar-refractivity contribution in [2.75, 3.05) is 7.11 Å². The van der Waals surface area contributed by atoms with Gasteiger partial charge >= 0.3 is 5.97 Å². The van der Waals surface area contributed by atoms with Crippen molar-refractivity contribution in [1.82, 2.24) is 0 Å². The number of halogens is 2. The number of carbonyl (C=O) groups is 2. The lowest BCUT2D eigenvalue weighted by molar-refractivity contribution is -0.139. The van der Waals surface area contributed by atoms with Crippen LogP contribution in [0.3, 0.4) is 0 Å². The van der Waals surface area contributed by atoms with Crippen LogP contribution >= 0.6 is 0 Å². The standard InChI is InChI=1S/C12H8F2O3/c1-17-12(16)4-2-3-8-5-10(13)9(7-15)11(14)6-8/h5-7H,4H2,1H3. The molecule has 0 aliphatic heterocycles. The van der Waals surface area contributed by atoms with Gasteiger partial charge in [0.05, 0.1) is 12.7 Å². The fourth-order valence-corrected chi connectivity index (χ4v) is 1.06. The number of hydrogen-bond acceptors (Lipinski definition) is 3. The Morgan fingerprint density at radius 1 is 1.41 bits per heavy atom. The molecule has 1 aromatic rings. The van der Waals surface area contributed by atoms with Crippen LogP contribution in [-0.4, -0.2) is 19.4 Å². The maximum absolute atomic E-state index is 13.1. The van der Waals surface area contributed by atoms with Crippen molar-refractivity contribution in [3.05, 3.63) is 34.9 Å². The van der Waals surface area contributed by atoms with E-state index < -0.39 is 23.2 Å². The summed E-state index contributed by atoms with van der Waals surface area (Å²) in [5, 5.41) is 0. The van der Waals surface area contributed by atoms with Gasteiger partial charge in [-0.15, -0.1) is 0 Å². The third kappa shape index (κ3) is 3.38. The predicted octanol–water partition coefficient (Wildman–Crippen LogP) is 1.69. The molecule has 0 aromatic heterocycles. The Balaban J connectivity index is 2.94. The van der Waals surface area contributed by atoms with Crippen molar-refractivity contribution >= 4 is 12.3 Å². The molecule has 0 unspecified atom stereocenters. The van der Waals surface area contributed by atoms with Crippen LogP contribution in [0.15, 0.2) is 12.1 Å². The second kappa shape index (κ2) is 5.75. The topological polar surface area (TPSA) is 43.4 Å². The Labute approximate surface area is 96.4 Å². The van der Waals surface area contributed by atoms with Crippen molar-refractivity contribution in [2.45, 2.75) is 6.42 Å². The van der Waals surface area contributed by atoms with Gasteiger partial charge in [0.15, 0.2) is 6.29 Å². The molecule has 0 amide bonds. The summed E-state index contributed by atoms with van der Waals surface area (Å²) < 4.78 is 30.6. The van der Waals surface area contributed by atoms with Gasteiger partial charge in [-0.2, -0.15) is 0 Å². The summed E-state index contributed by atoms with van der Waals surface area (Å²) in [6.45, 7) is 0. The molecule has 0 bridgehead atoms. The lowest BCUT2D eigenvalue weighted by atomic mass is 10.1. The van der Waals surface area contributed by atoms with Gasteiger partial charge in [-0.1, -0.05) is 11.8 Å². The van der Waals surface area contributed by atoms with E-state index in [1.165, 1.54) is 7.11 Å². The fourth-order valence-electron chi connectivity index (χ4n) is 1.06. The number of aldehydes is 1. The maximum atomic E-state index is 13.1. The third-order valence-electron chi connectivity index (χ3n) is 1.89. The van der Waals surface area contributed by atoms with E-state index in [0.29, 0.717) is 0 Å². The zero-order valence-corrected chi connectivity index (χ0v) is 8.92. The molecule has 0 fully saturated rings. The van der Waals surface area contributed by atoms with E-state index in [2.05, 4.69) is 16.6 Å². The van der Waals surface area contributed by atoms with Crippen LogP contribution in [0.1, 0.15) is 22.3 Å². The predicted molar refractivity (Wildman–Crippen MR) is 55.3 cm³/mol. The summed E-state index contributed by atoms with van der Waals surface area (Å²) in [6, 6.07) is 1.86. The highest BCUT2D eigenvalue weighted by atomic mass is 19.1. The number of methoxy groups -OCH3 is 1. The molecule has 0 saturated carbocycles. The summed E-state index contributed by atoms with van der Waals surface area (Å²) >= 11 is 0. The monoisotopic (exact) mass is 238 g/mol. The lowest BCUT2D eigenvalue weighted by Gasteiger charge is -1.98. The van der Waals surface area contributed by atoms with E-state index in [1.54, 1.807) is 0 Å². The van der Waals surface area contributed by atoms with Crippen molar-refractivity contribution in [3.63, 3.8) is 0 Å². The highest BCUT2D eigenvalue weighted by Gasteiger charge is 2.09. The van der Waals surface area contributed by atoms with Gasteiger partial charge in [0.25, 0.3) is 0 Å². The molecule has 3 nitrogen and oxygen atoms in total. The number of rotatable bonds is 2. The van der Waals surface area contributed by atoms with E-state index in [4.69, 9.17) is 0 Å². The van der Waals surface area contributed by atoms with Crippen molar-refractivity contribution in [1.29, 1.82) is 0 Å². The largest absolute Gasteiger partial charge is 0.468 e. The van der Waals surface area contributed by atoms with Gasteiger partial charge in [-0.05, 0) is 12.1 Å². The van der Waals surface area contributed by atoms with Crippen molar-refractivity contribution in [3.8, 4) is 11.8 Å². The van der Waals surface area contributed by atoms with Crippen LogP contribution in [-0.2, 0) is 9.53 Å². The van der Waals surface area contributed by atoms with Gasteiger partial charge < -0.3 is 4.74 Å². The normalized spacial score (nSPS) is 9.12. The molecule has 0 spiro atoms. The molecule has 0 heterocycles. The van der Waals surface area contributed by atoms with Gasteiger partial charge in [0.1, 0.15) is 18.1 Å². The van der Waals surface area contributed by atoms with Crippen LogP contribution < -0.4 is 0 Å². The molecule has 0 aliphatic carbocycles. The second-order valence-corrected chi connectivity index (χ2v) is 3.03. The van der Waals surface area contributed by atoms with Crippen molar-refractivity contribution in [2.24, 2.45) is 0 Å². The van der Waals surface area contributed by atoms with E-state index in [0.717, 1.165) is 12.1 Å². The van der Waals surface area contributed by atoms with E-state index in [-0.39, 0.29) is 18.3 Å². The Morgan fingerprint density at radius 2 is 2.00 bits per heavy atom. The molecule has 1 aromatic carbocycles. The number of hydrogen-bond donors (Lipinski definition) is 0. The van der Waals surface area contributed by atoms with Crippen LogP contribution in [0.4, 0.5) is 8.78 Å². The first kappa shape index (κ1) is 12.8. The summed E-state index contributed by atoms with van der Waals surface area (Å²) in [6.07, 6.45) is -0.0779. The smallest absolute Gasteiger partial charge is 0.317 e. The Morgan fingerprint density at radius 3 is 2.47 bits per heavy atom. The molecular weight excluding hydrogens is 230 g/mol. The number of carbonyl (C=O) groups excluding carboxylic acids is 2. The van der Waals surface area contributed by atoms with Gasteiger partial charge in [0, 0.05) is 5.56 Å². The number of esters is 1. The maximum Gasteiger partial charge on any atom is 0.317 e. The van der Waals surface area contributed by atoms with Gasteiger partial charge in [-0.25, -0.2) is 8.78 Å². The number of ether oxygens (including phenoxy) is 1. The van der Waals surface area contributed by atoms with Crippen LogP contribution in [0.2, 0.25) is 0 Å². The summed E-state index contributed by atoms with van der Waals surface area (Å²) in [4.78, 5) is 21.0. The van der Waals surface area contributed by atoms with Crippen LogP contribution in [0, 0.1) is 23.5 Å². The SMILES string of the molecule is COC(=O)CC#Cc1cc(F)c(C=O)c(F)c1. The summed E-state index contributed by atoms with van der Waals surface area (Å²) in [7, 11) is 1.21. The molecule has 0 atom stereocenters.